The van der Waals surface area contributed by atoms with E-state index in [4.69, 9.17) is 0 Å². The zero-order valence-electron chi connectivity index (χ0n) is 18.1. The van der Waals surface area contributed by atoms with Crippen LogP contribution in [-0.4, -0.2) is 45.2 Å². The Bertz CT molecular complexity index is 1100. The normalized spacial score (nSPS) is 17.5. The van der Waals surface area contributed by atoms with Crippen molar-refractivity contribution in [2.75, 3.05) is 19.7 Å². The lowest BCUT2D eigenvalue weighted by atomic mass is 9.75. The summed E-state index contributed by atoms with van der Waals surface area (Å²) < 4.78 is 1.78. The Morgan fingerprint density at radius 2 is 1.81 bits per heavy atom. The van der Waals surface area contributed by atoms with E-state index in [-0.39, 0.29) is 35.7 Å². The number of fused-ring (bicyclic) bond motifs is 1. The first-order chi connectivity index (χ1) is 14.9. The monoisotopic (exact) mass is 420 g/mol. The predicted octanol–water partition coefficient (Wildman–Crippen LogP) is 2.23. The highest BCUT2D eigenvalue weighted by molar-refractivity contribution is 5.95. The van der Waals surface area contributed by atoms with Crippen molar-refractivity contribution in [3.63, 3.8) is 0 Å². The van der Waals surface area contributed by atoms with E-state index in [1.54, 1.807) is 4.57 Å². The Hall–Kier alpha value is -2.98. The number of carbonyl (C=O) groups is 1. The van der Waals surface area contributed by atoms with E-state index in [1.807, 2.05) is 6.07 Å². The minimum Gasteiger partial charge on any atom is -0.395 e. The molecule has 0 radical (unpaired) electrons. The van der Waals surface area contributed by atoms with Crippen LogP contribution in [0, 0.1) is 25.2 Å². The smallest absolute Gasteiger partial charge is 0.291 e. The van der Waals surface area contributed by atoms with Crippen molar-refractivity contribution in [1.29, 1.82) is 5.26 Å². The Balaban J connectivity index is 1.83. The number of aromatic nitrogens is 2. The van der Waals surface area contributed by atoms with Crippen LogP contribution in [0.25, 0.3) is 0 Å². The van der Waals surface area contributed by atoms with Crippen LogP contribution in [0.3, 0.4) is 0 Å². The van der Waals surface area contributed by atoms with Crippen molar-refractivity contribution in [3.8, 4) is 6.07 Å². The summed E-state index contributed by atoms with van der Waals surface area (Å²) >= 11 is 0. The van der Waals surface area contributed by atoms with Gasteiger partial charge in [-0.1, -0.05) is 42.2 Å². The molecule has 2 heterocycles. The number of carbonyl (C=O) groups excluding carboxylic acids is 1. The van der Waals surface area contributed by atoms with Gasteiger partial charge in [0.15, 0.2) is 0 Å². The Labute approximate surface area is 182 Å². The number of benzene rings is 1. The van der Waals surface area contributed by atoms with E-state index >= 15 is 0 Å². The van der Waals surface area contributed by atoms with Gasteiger partial charge in [-0.15, -0.1) is 0 Å². The molecule has 0 unspecified atom stereocenters. The van der Waals surface area contributed by atoms with Gasteiger partial charge < -0.3 is 14.6 Å². The molecule has 4 rings (SSSR count). The number of β-amino-alcohol motifs (C(OH)–C–C–N with tert-alkyl or cyclic N) is 1. The second-order valence-electron chi connectivity index (χ2n) is 8.88. The third-order valence-corrected chi connectivity index (χ3v) is 6.72. The number of amides is 1. The number of hydrogen-bond donors (Lipinski definition) is 1. The molecule has 7 nitrogen and oxygen atoms in total. The minimum absolute atomic E-state index is 0.116. The molecule has 162 valence electrons. The fraction of sp³-hybridized carbons (Fsp3) is 0.500. The summed E-state index contributed by atoms with van der Waals surface area (Å²) in [6.07, 6.45) is 4.81. The highest BCUT2D eigenvalue weighted by Gasteiger charge is 2.39. The average Bonchev–Trinajstić information content (AvgIpc) is 3.20. The Morgan fingerprint density at radius 3 is 2.42 bits per heavy atom. The van der Waals surface area contributed by atoms with Gasteiger partial charge in [0.05, 0.1) is 6.61 Å². The average molecular weight is 421 g/mol. The van der Waals surface area contributed by atoms with Crippen LogP contribution in [0.5, 0.6) is 0 Å². The molecule has 1 aliphatic heterocycles. The fourth-order valence-electron chi connectivity index (χ4n) is 5.31. The molecule has 1 aliphatic carbocycles. The Morgan fingerprint density at radius 1 is 1.13 bits per heavy atom. The van der Waals surface area contributed by atoms with Crippen LogP contribution in [0.4, 0.5) is 0 Å². The van der Waals surface area contributed by atoms with E-state index in [0.29, 0.717) is 25.3 Å². The van der Waals surface area contributed by atoms with E-state index in [1.165, 1.54) is 21.6 Å². The summed E-state index contributed by atoms with van der Waals surface area (Å²) in [5, 5.41) is 18.8. The van der Waals surface area contributed by atoms with Crippen LogP contribution in [0.1, 0.15) is 64.2 Å². The molecule has 2 aromatic rings. The summed E-state index contributed by atoms with van der Waals surface area (Å²) in [6, 6.07) is 8.50. The van der Waals surface area contributed by atoms with Crippen molar-refractivity contribution in [1.82, 2.24) is 14.5 Å². The fourth-order valence-corrected chi connectivity index (χ4v) is 5.31. The maximum Gasteiger partial charge on any atom is 0.291 e. The number of nitriles is 1. The van der Waals surface area contributed by atoms with Crippen LogP contribution in [0.2, 0.25) is 0 Å². The van der Waals surface area contributed by atoms with Crippen molar-refractivity contribution in [3.05, 3.63) is 62.3 Å². The number of aliphatic hydroxyl groups excluding tert-OH is 1. The van der Waals surface area contributed by atoms with E-state index in [2.05, 4.69) is 37.0 Å². The standard InChI is InChI=1S/C24H28N4O3/c1-16-11-17(2)13-18(12-16)24(5-3-4-6-24)14-20-26-22(30)19(15-25)21-23(31)27(9-10-29)7-8-28(20)21/h11-13,29H,3-10,14H2,1-2H3. The lowest BCUT2D eigenvalue weighted by Crippen LogP contribution is -2.46. The quantitative estimate of drug-likeness (QED) is 0.800. The molecule has 7 heteroatoms. The first-order valence-corrected chi connectivity index (χ1v) is 10.9. The zero-order chi connectivity index (χ0) is 22.2. The van der Waals surface area contributed by atoms with E-state index in [0.717, 1.165) is 25.7 Å². The van der Waals surface area contributed by atoms with Crippen LogP contribution in [-0.2, 0) is 18.4 Å². The number of aryl methyl sites for hydroxylation is 2. The third-order valence-electron chi connectivity index (χ3n) is 6.72. The highest BCUT2D eigenvalue weighted by atomic mass is 16.3. The molecular formula is C24H28N4O3. The van der Waals surface area contributed by atoms with Gasteiger partial charge in [-0.05, 0) is 32.3 Å². The van der Waals surface area contributed by atoms with Gasteiger partial charge in [0.25, 0.3) is 11.5 Å². The number of nitrogens with zero attached hydrogens (tertiary/aromatic N) is 4. The molecule has 0 spiro atoms. The molecule has 0 bridgehead atoms. The molecule has 1 N–H and O–H groups in total. The molecular weight excluding hydrogens is 392 g/mol. The Kier molecular flexibility index (Phi) is 5.67. The van der Waals surface area contributed by atoms with Crippen molar-refractivity contribution >= 4 is 5.91 Å². The van der Waals surface area contributed by atoms with E-state index < -0.39 is 5.56 Å². The van der Waals surface area contributed by atoms with Crippen LogP contribution >= 0.6 is 0 Å². The van der Waals surface area contributed by atoms with Crippen molar-refractivity contribution in [2.24, 2.45) is 0 Å². The summed E-state index contributed by atoms with van der Waals surface area (Å²) in [4.78, 5) is 31.6. The number of aliphatic hydroxyl groups is 1. The topological polar surface area (TPSA) is 99.2 Å². The second-order valence-corrected chi connectivity index (χ2v) is 8.88. The summed E-state index contributed by atoms with van der Waals surface area (Å²) in [6.45, 7) is 5.10. The molecule has 1 aromatic carbocycles. The molecule has 0 saturated heterocycles. The molecule has 1 fully saturated rings. The van der Waals surface area contributed by atoms with Gasteiger partial charge in [-0.3, -0.25) is 9.59 Å². The molecule has 1 amide bonds. The maximum atomic E-state index is 13.0. The molecule has 31 heavy (non-hydrogen) atoms. The summed E-state index contributed by atoms with van der Waals surface area (Å²) in [5.74, 6) is 0.196. The van der Waals surface area contributed by atoms with Gasteiger partial charge in [0.1, 0.15) is 23.2 Å². The molecule has 1 aromatic heterocycles. The SMILES string of the molecule is Cc1cc(C)cc(C2(Cc3nc(=O)c(C#N)c4n3CCN(CCO)C4=O)CCCC2)c1. The van der Waals surface area contributed by atoms with E-state index in [9.17, 15) is 20.0 Å². The van der Waals surface area contributed by atoms with Crippen molar-refractivity contribution < 1.29 is 9.90 Å². The van der Waals surface area contributed by atoms with Crippen LogP contribution < -0.4 is 5.56 Å². The molecule has 1 saturated carbocycles. The van der Waals surface area contributed by atoms with Gasteiger partial charge >= 0.3 is 0 Å². The van der Waals surface area contributed by atoms with Gasteiger partial charge in [-0.25, -0.2) is 0 Å². The van der Waals surface area contributed by atoms with Crippen LogP contribution in [0.15, 0.2) is 23.0 Å². The zero-order valence-corrected chi connectivity index (χ0v) is 18.1. The van der Waals surface area contributed by atoms with Crippen molar-refractivity contribution in [2.45, 2.75) is 57.9 Å². The number of hydrogen-bond acceptors (Lipinski definition) is 5. The predicted molar refractivity (Wildman–Crippen MR) is 116 cm³/mol. The first kappa shape index (κ1) is 21.3. The number of rotatable bonds is 5. The molecule has 0 atom stereocenters. The third kappa shape index (κ3) is 3.77. The lowest BCUT2D eigenvalue weighted by molar-refractivity contribution is 0.0661. The largest absolute Gasteiger partial charge is 0.395 e. The first-order valence-electron chi connectivity index (χ1n) is 10.9. The van der Waals surface area contributed by atoms with Gasteiger partial charge in [-0.2, -0.15) is 10.2 Å². The molecule has 2 aliphatic rings. The van der Waals surface area contributed by atoms with Gasteiger partial charge in [0.2, 0.25) is 0 Å². The lowest BCUT2D eigenvalue weighted by Gasteiger charge is -2.34. The summed E-state index contributed by atoms with van der Waals surface area (Å²) in [7, 11) is 0. The minimum atomic E-state index is -0.642. The van der Waals surface area contributed by atoms with Gasteiger partial charge in [0, 0.05) is 31.5 Å². The second kappa shape index (κ2) is 8.27. The highest BCUT2D eigenvalue weighted by Crippen LogP contribution is 2.44. The maximum absolute atomic E-state index is 13.0. The summed E-state index contributed by atoms with van der Waals surface area (Å²) in [5.41, 5.74) is 2.83.